The van der Waals surface area contributed by atoms with Crippen LogP contribution < -0.4 is 0 Å². The van der Waals surface area contributed by atoms with Crippen LogP contribution in [-0.2, 0) is 29.2 Å². The normalized spacial score (nSPS) is 21.3. The van der Waals surface area contributed by atoms with Gasteiger partial charge in [-0.2, -0.15) is 4.98 Å². The smallest absolute Gasteiger partial charge is 0.240 e. The molecule has 3 rings (SSSR count). The SMILES string of the molecule is C[C@@H]1CS(=O)(=O)CCN1Cc1nc(CCc2ccccc2)no1. The van der Waals surface area contributed by atoms with Gasteiger partial charge >= 0.3 is 0 Å². The summed E-state index contributed by atoms with van der Waals surface area (Å²) >= 11 is 0. The van der Waals surface area contributed by atoms with Gasteiger partial charge in [-0.1, -0.05) is 35.5 Å². The zero-order valence-electron chi connectivity index (χ0n) is 13.2. The van der Waals surface area contributed by atoms with E-state index in [2.05, 4.69) is 27.2 Å². The number of sulfone groups is 1. The maximum Gasteiger partial charge on any atom is 0.240 e. The molecule has 0 spiro atoms. The van der Waals surface area contributed by atoms with Crippen molar-refractivity contribution in [3.63, 3.8) is 0 Å². The lowest BCUT2D eigenvalue weighted by atomic mass is 10.1. The van der Waals surface area contributed by atoms with E-state index in [1.54, 1.807) is 0 Å². The van der Waals surface area contributed by atoms with Gasteiger partial charge in [0.1, 0.15) is 0 Å². The van der Waals surface area contributed by atoms with Gasteiger partial charge in [-0.15, -0.1) is 0 Å². The maximum atomic E-state index is 11.6. The van der Waals surface area contributed by atoms with Crippen molar-refractivity contribution in [3.8, 4) is 0 Å². The molecule has 0 bridgehead atoms. The first-order valence-electron chi connectivity index (χ1n) is 7.82. The molecular weight excluding hydrogens is 314 g/mol. The number of benzene rings is 1. The molecule has 1 aliphatic rings. The summed E-state index contributed by atoms with van der Waals surface area (Å²) < 4.78 is 28.5. The van der Waals surface area contributed by atoms with Crippen LogP contribution in [0.3, 0.4) is 0 Å². The molecule has 0 aliphatic carbocycles. The molecule has 2 heterocycles. The Kier molecular flexibility index (Phi) is 4.77. The standard InChI is InChI=1S/C16H21N3O3S/c1-13-12-23(20,21)10-9-19(13)11-16-17-15(18-22-16)8-7-14-5-3-2-4-6-14/h2-6,13H,7-12H2,1H3/t13-/m1/s1. The van der Waals surface area contributed by atoms with Gasteiger partial charge in [0, 0.05) is 19.0 Å². The van der Waals surface area contributed by atoms with Crippen molar-refractivity contribution >= 4 is 9.84 Å². The summed E-state index contributed by atoms with van der Waals surface area (Å²) in [4.78, 5) is 6.50. The summed E-state index contributed by atoms with van der Waals surface area (Å²) in [6.07, 6.45) is 1.61. The zero-order valence-corrected chi connectivity index (χ0v) is 14.0. The summed E-state index contributed by atoms with van der Waals surface area (Å²) in [7, 11) is -2.90. The Balaban J connectivity index is 1.55. The second kappa shape index (κ2) is 6.80. The van der Waals surface area contributed by atoms with Gasteiger partial charge in [0.25, 0.3) is 0 Å². The largest absolute Gasteiger partial charge is 0.338 e. The molecule has 6 nitrogen and oxygen atoms in total. The second-order valence-corrected chi connectivity index (χ2v) is 8.25. The molecule has 1 aromatic heterocycles. The first-order valence-corrected chi connectivity index (χ1v) is 9.64. The van der Waals surface area contributed by atoms with Crippen LogP contribution in [0.2, 0.25) is 0 Å². The molecular formula is C16H21N3O3S. The Labute approximate surface area is 136 Å². The van der Waals surface area contributed by atoms with E-state index in [1.807, 2.05) is 25.1 Å². The molecule has 1 aromatic carbocycles. The number of rotatable bonds is 5. The summed E-state index contributed by atoms with van der Waals surface area (Å²) in [5.41, 5.74) is 1.24. The Morgan fingerprint density at radius 3 is 2.78 bits per heavy atom. The molecule has 0 amide bonds. The van der Waals surface area contributed by atoms with Gasteiger partial charge in [0.15, 0.2) is 15.7 Å². The number of hydrogen-bond acceptors (Lipinski definition) is 6. The highest BCUT2D eigenvalue weighted by Gasteiger charge is 2.29. The molecule has 1 aliphatic heterocycles. The quantitative estimate of drug-likeness (QED) is 0.824. The molecule has 1 atom stereocenters. The molecule has 0 saturated carbocycles. The van der Waals surface area contributed by atoms with E-state index in [9.17, 15) is 8.42 Å². The Hall–Kier alpha value is -1.73. The van der Waals surface area contributed by atoms with Crippen LogP contribution in [0.5, 0.6) is 0 Å². The van der Waals surface area contributed by atoms with E-state index in [1.165, 1.54) is 5.56 Å². The lowest BCUT2D eigenvalue weighted by Crippen LogP contribution is -2.46. The van der Waals surface area contributed by atoms with Gasteiger partial charge in [-0.25, -0.2) is 8.42 Å². The van der Waals surface area contributed by atoms with Crippen molar-refractivity contribution in [2.75, 3.05) is 18.1 Å². The summed E-state index contributed by atoms with van der Waals surface area (Å²) in [5.74, 6) is 1.65. The van der Waals surface area contributed by atoms with E-state index < -0.39 is 9.84 Å². The minimum Gasteiger partial charge on any atom is -0.338 e. The van der Waals surface area contributed by atoms with E-state index in [0.29, 0.717) is 24.8 Å². The fourth-order valence-corrected chi connectivity index (χ4v) is 4.42. The summed E-state index contributed by atoms with van der Waals surface area (Å²) in [5, 5.41) is 4.02. The predicted molar refractivity (Wildman–Crippen MR) is 86.7 cm³/mol. The minimum absolute atomic E-state index is 0.0200. The average molecular weight is 335 g/mol. The molecule has 1 fully saturated rings. The lowest BCUT2D eigenvalue weighted by Gasteiger charge is -2.31. The third-order valence-electron chi connectivity index (χ3n) is 4.14. The Bertz CT molecular complexity index is 743. The van der Waals surface area contributed by atoms with Crippen molar-refractivity contribution in [2.24, 2.45) is 0 Å². The Morgan fingerprint density at radius 1 is 1.26 bits per heavy atom. The van der Waals surface area contributed by atoms with Crippen molar-refractivity contribution in [3.05, 3.63) is 47.6 Å². The molecule has 1 saturated heterocycles. The number of hydrogen-bond donors (Lipinski definition) is 0. The van der Waals surface area contributed by atoms with Crippen LogP contribution in [0.1, 0.15) is 24.2 Å². The van der Waals surface area contributed by atoms with Gasteiger partial charge in [0.2, 0.25) is 5.89 Å². The van der Waals surface area contributed by atoms with Crippen LogP contribution in [0.4, 0.5) is 0 Å². The number of aryl methyl sites for hydroxylation is 2. The molecule has 124 valence electrons. The maximum absolute atomic E-state index is 11.6. The second-order valence-electron chi connectivity index (χ2n) is 6.02. The number of nitrogens with zero attached hydrogens (tertiary/aromatic N) is 3. The third-order valence-corrected chi connectivity index (χ3v) is 5.93. The van der Waals surface area contributed by atoms with Gasteiger partial charge in [-0.05, 0) is 18.9 Å². The van der Waals surface area contributed by atoms with E-state index in [-0.39, 0.29) is 17.5 Å². The third kappa shape index (κ3) is 4.39. The van der Waals surface area contributed by atoms with Gasteiger partial charge in [-0.3, -0.25) is 4.90 Å². The molecule has 7 heteroatoms. The van der Waals surface area contributed by atoms with Crippen LogP contribution >= 0.6 is 0 Å². The molecule has 2 aromatic rings. The van der Waals surface area contributed by atoms with Crippen LogP contribution in [0.25, 0.3) is 0 Å². The molecule has 0 radical (unpaired) electrons. The van der Waals surface area contributed by atoms with E-state index in [4.69, 9.17) is 4.52 Å². The topological polar surface area (TPSA) is 76.3 Å². The summed E-state index contributed by atoms with van der Waals surface area (Å²) in [6, 6.07) is 10.2. The fourth-order valence-electron chi connectivity index (χ4n) is 2.80. The highest BCUT2D eigenvalue weighted by atomic mass is 32.2. The van der Waals surface area contributed by atoms with Crippen molar-refractivity contribution in [1.82, 2.24) is 15.0 Å². The average Bonchev–Trinajstić information content (AvgIpc) is 2.96. The van der Waals surface area contributed by atoms with Crippen LogP contribution in [0.15, 0.2) is 34.9 Å². The minimum atomic E-state index is -2.90. The Morgan fingerprint density at radius 2 is 2.04 bits per heavy atom. The van der Waals surface area contributed by atoms with Crippen molar-refractivity contribution in [1.29, 1.82) is 0 Å². The molecule has 23 heavy (non-hydrogen) atoms. The van der Waals surface area contributed by atoms with Gasteiger partial charge < -0.3 is 4.52 Å². The van der Waals surface area contributed by atoms with E-state index in [0.717, 1.165) is 12.8 Å². The molecule has 0 N–H and O–H groups in total. The highest BCUT2D eigenvalue weighted by molar-refractivity contribution is 7.91. The van der Waals surface area contributed by atoms with E-state index >= 15 is 0 Å². The first-order chi connectivity index (χ1) is 11.0. The van der Waals surface area contributed by atoms with Crippen LogP contribution in [-0.4, -0.2) is 47.6 Å². The lowest BCUT2D eigenvalue weighted by molar-refractivity contribution is 0.189. The fraction of sp³-hybridized carbons (Fsp3) is 0.500. The van der Waals surface area contributed by atoms with Crippen molar-refractivity contribution in [2.45, 2.75) is 32.4 Å². The number of aromatic nitrogens is 2. The predicted octanol–water partition coefficient (Wildman–Crippen LogP) is 1.47. The van der Waals surface area contributed by atoms with Gasteiger partial charge in [0.05, 0.1) is 18.1 Å². The first kappa shape index (κ1) is 16.1. The summed E-state index contributed by atoms with van der Waals surface area (Å²) in [6.45, 7) is 2.95. The monoisotopic (exact) mass is 335 g/mol. The van der Waals surface area contributed by atoms with Crippen LogP contribution in [0, 0.1) is 0 Å². The zero-order chi connectivity index (χ0) is 16.3. The highest BCUT2D eigenvalue weighted by Crippen LogP contribution is 2.15. The van der Waals surface area contributed by atoms with Crippen molar-refractivity contribution < 1.29 is 12.9 Å². The molecule has 0 unspecified atom stereocenters.